The smallest absolute Gasteiger partial charge is 0.149 e. The van der Waals surface area contributed by atoms with Crippen molar-refractivity contribution >= 4 is 5.78 Å². The Kier molecular flexibility index (Phi) is 4.43. The predicted molar refractivity (Wildman–Crippen MR) is 54.5 cm³/mol. The summed E-state index contributed by atoms with van der Waals surface area (Å²) in [5.74, 6) is 0.752. The first-order valence-corrected chi connectivity index (χ1v) is 5.54. The molecule has 0 spiro atoms. The van der Waals surface area contributed by atoms with Crippen molar-refractivity contribution in [1.82, 2.24) is 0 Å². The Labute approximate surface area is 80.9 Å². The lowest BCUT2D eigenvalue weighted by Gasteiger charge is -2.26. The molecule has 1 fully saturated rings. The Bertz CT molecular complexity index is 161. The van der Waals surface area contributed by atoms with Gasteiger partial charge >= 0.3 is 0 Å². The topological polar surface area (TPSA) is 43.1 Å². The molecular formula is C11H21NO. The van der Waals surface area contributed by atoms with E-state index in [-0.39, 0.29) is 11.8 Å². The average Bonchev–Trinajstić information content (AvgIpc) is 2.18. The van der Waals surface area contributed by atoms with Gasteiger partial charge in [-0.2, -0.15) is 0 Å². The molecule has 0 bridgehead atoms. The van der Waals surface area contributed by atoms with Gasteiger partial charge in [0.15, 0.2) is 0 Å². The van der Waals surface area contributed by atoms with E-state index in [0.29, 0.717) is 12.3 Å². The molecule has 1 atom stereocenters. The van der Waals surface area contributed by atoms with E-state index in [1.165, 1.54) is 19.3 Å². The van der Waals surface area contributed by atoms with Crippen LogP contribution in [0.1, 0.15) is 51.9 Å². The number of carbonyl (C=O) groups excluding carboxylic acids is 1. The molecule has 1 saturated carbocycles. The maximum atomic E-state index is 11.5. The molecule has 0 aliphatic heterocycles. The third kappa shape index (κ3) is 3.11. The molecule has 76 valence electrons. The summed E-state index contributed by atoms with van der Waals surface area (Å²) in [7, 11) is 0. The first-order chi connectivity index (χ1) is 6.25. The van der Waals surface area contributed by atoms with Crippen LogP contribution in [-0.2, 0) is 4.79 Å². The van der Waals surface area contributed by atoms with Gasteiger partial charge in [-0.1, -0.05) is 26.2 Å². The molecule has 1 aliphatic carbocycles. The minimum absolute atomic E-state index is 0.166. The van der Waals surface area contributed by atoms with Gasteiger partial charge in [0.2, 0.25) is 0 Å². The monoisotopic (exact) mass is 183 g/mol. The zero-order valence-electron chi connectivity index (χ0n) is 8.59. The van der Waals surface area contributed by atoms with Crippen LogP contribution in [0.2, 0.25) is 0 Å². The Morgan fingerprint density at radius 3 is 2.54 bits per heavy atom. The molecule has 0 amide bonds. The summed E-state index contributed by atoms with van der Waals surface area (Å²) < 4.78 is 0. The Hall–Kier alpha value is -0.370. The van der Waals surface area contributed by atoms with Gasteiger partial charge in [-0.3, -0.25) is 4.79 Å². The van der Waals surface area contributed by atoms with Gasteiger partial charge < -0.3 is 5.73 Å². The van der Waals surface area contributed by atoms with Crippen molar-refractivity contribution in [2.45, 2.75) is 57.9 Å². The summed E-state index contributed by atoms with van der Waals surface area (Å²) in [6.45, 7) is 2.03. The van der Waals surface area contributed by atoms with Gasteiger partial charge in [0.1, 0.15) is 5.78 Å². The molecule has 0 heterocycles. The van der Waals surface area contributed by atoms with E-state index in [1.807, 2.05) is 6.92 Å². The summed E-state index contributed by atoms with van der Waals surface area (Å²) in [5, 5.41) is 0. The lowest BCUT2D eigenvalue weighted by atomic mass is 9.82. The van der Waals surface area contributed by atoms with Crippen LogP contribution in [0.4, 0.5) is 0 Å². The molecule has 2 heteroatoms. The molecule has 0 saturated heterocycles. The first kappa shape index (κ1) is 10.7. The maximum Gasteiger partial charge on any atom is 0.149 e. The third-order valence-corrected chi connectivity index (χ3v) is 3.03. The van der Waals surface area contributed by atoms with Crippen molar-refractivity contribution < 1.29 is 4.79 Å². The predicted octanol–water partition coefficient (Wildman–Crippen LogP) is 2.26. The normalized spacial score (nSPS) is 21.4. The van der Waals surface area contributed by atoms with Crippen molar-refractivity contribution in [3.05, 3.63) is 0 Å². The molecule has 2 nitrogen and oxygen atoms in total. The highest BCUT2D eigenvalue weighted by Crippen LogP contribution is 2.26. The average molecular weight is 183 g/mol. The van der Waals surface area contributed by atoms with Crippen LogP contribution in [0, 0.1) is 5.92 Å². The summed E-state index contributed by atoms with van der Waals surface area (Å²) >= 11 is 0. The number of Topliss-reactive ketones (excluding diaryl/α,β-unsaturated/α-hetero) is 1. The van der Waals surface area contributed by atoms with Crippen LogP contribution in [-0.4, -0.2) is 11.8 Å². The largest absolute Gasteiger partial charge is 0.321 e. The lowest BCUT2D eigenvalue weighted by molar-refractivity contribution is -0.121. The third-order valence-electron chi connectivity index (χ3n) is 3.03. The highest BCUT2D eigenvalue weighted by Gasteiger charge is 2.24. The molecule has 0 aromatic rings. The molecule has 0 aromatic carbocycles. The van der Waals surface area contributed by atoms with Gasteiger partial charge in [0, 0.05) is 6.42 Å². The van der Waals surface area contributed by atoms with E-state index >= 15 is 0 Å². The summed E-state index contributed by atoms with van der Waals surface area (Å²) in [6.07, 6.45) is 7.77. The van der Waals surface area contributed by atoms with Crippen molar-refractivity contribution in [2.24, 2.45) is 11.7 Å². The van der Waals surface area contributed by atoms with E-state index in [2.05, 4.69) is 0 Å². The second-order valence-electron chi connectivity index (χ2n) is 4.14. The quantitative estimate of drug-likeness (QED) is 0.726. The van der Waals surface area contributed by atoms with Gasteiger partial charge in [0.25, 0.3) is 0 Å². The summed E-state index contributed by atoms with van der Waals surface area (Å²) in [4.78, 5) is 11.5. The molecule has 1 aliphatic rings. The second-order valence-corrected chi connectivity index (χ2v) is 4.14. The molecule has 0 aromatic heterocycles. The van der Waals surface area contributed by atoms with Gasteiger partial charge in [0.05, 0.1) is 6.04 Å². The number of carbonyl (C=O) groups is 1. The number of ketones is 1. The first-order valence-electron chi connectivity index (χ1n) is 5.54. The summed E-state index contributed by atoms with van der Waals surface area (Å²) in [6, 6.07) is -0.166. The summed E-state index contributed by atoms with van der Waals surface area (Å²) in [5.41, 5.74) is 5.93. The molecule has 1 unspecified atom stereocenters. The van der Waals surface area contributed by atoms with Crippen molar-refractivity contribution in [3.63, 3.8) is 0 Å². The Morgan fingerprint density at radius 2 is 2.00 bits per heavy atom. The number of hydrogen-bond donors (Lipinski definition) is 1. The van der Waals surface area contributed by atoms with Crippen molar-refractivity contribution in [1.29, 1.82) is 0 Å². The fourth-order valence-corrected chi connectivity index (χ4v) is 2.17. The molecule has 2 N–H and O–H groups in total. The van der Waals surface area contributed by atoms with Crippen molar-refractivity contribution in [2.75, 3.05) is 0 Å². The highest BCUT2D eigenvalue weighted by molar-refractivity contribution is 5.84. The Balaban J connectivity index is 2.35. The van der Waals surface area contributed by atoms with Crippen LogP contribution in [0.5, 0.6) is 0 Å². The fraction of sp³-hybridized carbons (Fsp3) is 0.909. The van der Waals surface area contributed by atoms with Crippen LogP contribution in [0.25, 0.3) is 0 Å². The van der Waals surface area contributed by atoms with E-state index < -0.39 is 0 Å². The molecule has 0 radical (unpaired) electrons. The Morgan fingerprint density at radius 1 is 1.38 bits per heavy atom. The fourth-order valence-electron chi connectivity index (χ4n) is 2.17. The van der Waals surface area contributed by atoms with E-state index in [0.717, 1.165) is 19.3 Å². The molecule has 13 heavy (non-hydrogen) atoms. The number of hydrogen-bond acceptors (Lipinski definition) is 2. The van der Waals surface area contributed by atoms with Crippen LogP contribution in [0.3, 0.4) is 0 Å². The van der Waals surface area contributed by atoms with Gasteiger partial charge in [-0.15, -0.1) is 0 Å². The standard InChI is InChI=1S/C11H21NO/c1-2-6-10(13)11(12)9-7-4-3-5-8-9/h9,11H,2-8,12H2,1H3. The minimum Gasteiger partial charge on any atom is -0.321 e. The van der Waals surface area contributed by atoms with E-state index in [4.69, 9.17) is 5.73 Å². The van der Waals surface area contributed by atoms with Crippen LogP contribution in [0.15, 0.2) is 0 Å². The SMILES string of the molecule is CCCC(=O)C(N)C1CCCCC1. The van der Waals surface area contributed by atoms with Crippen LogP contribution < -0.4 is 5.73 Å². The lowest BCUT2D eigenvalue weighted by Crippen LogP contribution is -2.38. The zero-order valence-corrected chi connectivity index (χ0v) is 8.59. The maximum absolute atomic E-state index is 11.5. The zero-order chi connectivity index (χ0) is 9.68. The molecule has 1 rings (SSSR count). The van der Waals surface area contributed by atoms with Gasteiger partial charge in [-0.05, 0) is 25.2 Å². The van der Waals surface area contributed by atoms with Crippen LogP contribution >= 0.6 is 0 Å². The number of nitrogens with two attached hydrogens (primary N) is 1. The van der Waals surface area contributed by atoms with Gasteiger partial charge in [-0.25, -0.2) is 0 Å². The minimum atomic E-state index is -0.166. The second kappa shape index (κ2) is 5.38. The highest BCUT2D eigenvalue weighted by atomic mass is 16.1. The van der Waals surface area contributed by atoms with E-state index in [1.54, 1.807) is 0 Å². The molecular weight excluding hydrogens is 162 g/mol. The van der Waals surface area contributed by atoms with E-state index in [9.17, 15) is 4.79 Å². The number of rotatable bonds is 4. The van der Waals surface area contributed by atoms with Crippen molar-refractivity contribution in [3.8, 4) is 0 Å².